The highest BCUT2D eigenvalue weighted by molar-refractivity contribution is 5.94. The van der Waals surface area contributed by atoms with Crippen molar-refractivity contribution >= 4 is 5.91 Å². The molecule has 0 unspecified atom stereocenters. The third kappa shape index (κ3) is 3.95. The van der Waals surface area contributed by atoms with Crippen molar-refractivity contribution in [2.45, 2.75) is 57.0 Å². The Bertz CT molecular complexity index is 821. The number of pyridine rings is 1. The maximum Gasteiger partial charge on any atom is 0.255 e. The van der Waals surface area contributed by atoms with Crippen molar-refractivity contribution < 1.29 is 9.18 Å². The number of fused-ring (bicyclic) bond motifs is 1. The van der Waals surface area contributed by atoms with Crippen LogP contribution in [-0.2, 0) is 6.42 Å². The first-order valence-corrected chi connectivity index (χ1v) is 10.3. The predicted molar refractivity (Wildman–Crippen MR) is 108 cm³/mol. The molecule has 1 aromatic carbocycles. The number of nitrogens with one attached hydrogen (secondary N) is 1. The Balaban J connectivity index is 1.48. The van der Waals surface area contributed by atoms with Gasteiger partial charge in [0.15, 0.2) is 0 Å². The van der Waals surface area contributed by atoms with Gasteiger partial charge in [0.1, 0.15) is 5.82 Å². The van der Waals surface area contributed by atoms with Crippen LogP contribution >= 0.6 is 0 Å². The summed E-state index contributed by atoms with van der Waals surface area (Å²) in [6.45, 7) is 4.12. The van der Waals surface area contributed by atoms with E-state index in [0.29, 0.717) is 12.0 Å². The van der Waals surface area contributed by atoms with Crippen molar-refractivity contribution in [2.75, 3.05) is 13.1 Å². The van der Waals surface area contributed by atoms with E-state index in [0.717, 1.165) is 50.0 Å². The maximum atomic E-state index is 13.2. The molecule has 2 fully saturated rings. The van der Waals surface area contributed by atoms with Crippen LogP contribution in [0.1, 0.15) is 60.6 Å². The number of piperidine rings is 1. The molecular weight excluding hydrogens is 353 g/mol. The average Bonchev–Trinajstić information content (AvgIpc) is 2.91. The molecule has 4 nitrogen and oxygen atoms in total. The number of carbonyl (C=O) groups excluding carboxylic acids is 1. The van der Waals surface area contributed by atoms with Gasteiger partial charge in [-0.05, 0) is 69.0 Å². The first-order chi connectivity index (χ1) is 13.5. The van der Waals surface area contributed by atoms with Crippen molar-refractivity contribution in [2.24, 2.45) is 0 Å². The van der Waals surface area contributed by atoms with Gasteiger partial charge in [-0.15, -0.1) is 0 Å². The monoisotopic (exact) mass is 381 g/mol. The second kappa shape index (κ2) is 8.00. The molecule has 1 N–H and O–H groups in total. The number of amides is 1. The number of aromatic nitrogens is 1. The van der Waals surface area contributed by atoms with Crippen molar-refractivity contribution in [1.29, 1.82) is 0 Å². The van der Waals surface area contributed by atoms with Crippen LogP contribution in [0.5, 0.6) is 0 Å². The molecule has 3 heterocycles. The second-order valence-corrected chi connectivity index (χ2v) is 8.30. The minimum atomic E-state index is -0.237. The summed E-state index contributed by atoms with van der Waals surface area (Å²) in [6.07, 6.45) is 7.86. The van der Waals surface area contributed by atoms with Crippen molar-refractivity contribution in [3.8, 4) is 0 Å². The molecule has 0 saturated carbocycles. The van der Waals surface area contributed by atoms with Gasteiger partial charge in [0, 0.05) is 36.4 Å². The summed E-state index contributed by atoms with van der Waals surface area (Å²) in [5, 5.41) is 3.70. The number of carbonyl (C=O) groups is 1. The molecule has 0 radical (unpaired) electrons. The van der Waals surface area contributed by atoms with Crippen LogP contribution in [0.3, 0.4) is 0 Å². The Hall–Kier alpha value is -2.27. The highest BCUT2D eigenvalue weighted by atomic mass is 19.1. The Morgan fingerprint density at radius 1 is 1.21 bits per heavy atom. The van der Waals surface area contributed by atoms with Crippen LogP contribution in [0.4, 0.5) is 4.39 Å². The van der Waals surface area contributed by atoms with Gasteiger partial charge in [-0.2, -0.15) is 0 Å². The Morgan fingerprint density at radius 2 is 2.04 bits per heavy atom. The largest absolute Gasteiger partial charge is 0.334 e. The van der Waals surface area contributed by atoms with Crippen molar-refractivity contribution in [1.82, 2.24) is 15.2 Å². The van der Waals surface area contributed by atoms with E-state index in [1.165, 1.54) is 18.6 Å². The molecule has 0 aliphatic carbocycles. The van der Waals surface area contributed by atoms with Crippen LogP contribution < -0.4 is 5.32 Å². The Kier molecular flexibility index (Phi) is 5.44. The van der Waals surface area contributed by atoms with Crippen LogP contribution in [0.15, 0.2) is 42.6 Å². The number of likely N-dealkylation sites (tertiary alicyclic amines) is 1. The molecular formula is C23H28FN3O. The third-order valence-electron chi connectivity index (χ3n) is 6.27. The molecule has 2 saturated heterocycles. The topological polar surface area (TPSA) is 45.2 Å². The second-order valence-electron chi connectivity index (χ2n) is 8.30. The summed E-state index contributed by atoms with van der Waals surface area (Å²) >= 11 is 0. The standard InChI is InChI=1S/C23H28FN3O/c1-23-12-4-14-27(21(23)5-2-3-13-26-23)22(28)18-8-11-20(25-16-18)15-17-6-9-19(24)10-7-17/h6-11,16,21,26H,2-5,12-15H2,1H3/t21-,23-/m0/s1. The van der Waals surface area contributed by atoms with Crippen molar-refractivity contribution in [3.05, 3.63) is 65.2 Å². The zero-order valence-electron chi connectivity index (χ0n) is 16.5. The number of halogens is 1. The molecule has 4 rings (SSSR count). The smallest absolute Gasteiger partial charge is 0.255 e. The molecule has 2 atom stereocenters. The zero-order chi connectivity index (χ0) is 19.6. The van der Waals surface area contributed by atoms with Crippen LogP contribution in [0.25, 0.3) is 0 Å². The molecule has 5 heteroatoms. The average molecular weight is 381 g/mol. The summed E-state index contributed by atoms with van der Waals surface area (Å²) in [6, 6.07) is 10.5. The molecule has 0 spiro atoms. The van der Waals surface area contributed by atoms with E-state index in [1.807, 2.05) is 12.1 Å². The summed E-state index contributed by atoms with van der Waals surface area (Å²) < 4.78 is 13.1. The molecule has 1 amide bonds. The minimum Gasteiger partial charge on any atom is -0.334 e. The molecule has 28 heavy (non-hydrogen) atoms. The lowest BCUT2D eigenvalue weighted by molar-refractivity contribution is 0.0379. The molecule has 2 aliphatic rings. The fraction of sp³-hybridized carbons (Fsp3) is 0.478. The van der Waals surface area contributed by atoms with Gasteiger partial charge in [-0.1, -0.05) is 18.6 Å². The van der Waals surface area contributed by atoms with E-state index >= 15 is 0 Å². The highest BCUT2D eigenvalue weighted by Gasteiger charge is 2.43. The lowest BCUT2D eigenvalue weighted by Gasteiger charge is -2.48. The number of benzene rings is 1. The van der Waals surface area contributed by atoms with Gasteiger partial charge >= 0.3 is 0 Å². The summed E-state index contributed by atoms with van der Waals surface area (Å²) in [5.41, 5.74) is 2.55. The molecule has 2 aromatic rings. The van der Waals surface area contributed by atoms with Crippen LogP contribution in [-0.4, -0.2) is 40.5 Å². The number of nitrogens with zero attached hydrogens (tertiary/aromatic N) is 2. The molecule has 2 aliphatic heterocycles. The van der Waals surface area contributed by atoms with Crippen LogP contribution in [0, 0.1) is 5.82 Å². The first-order valence-electron chi connectivity index (χ1n) is 10.3. The normalized spacial score (nSPS) is 25.1. The Labute approximate surface area is 166 Å². The van der Waals surface area contributed by atoms with E-state index in [9.17, 15) is 9.18 Å². The van der Waals surface area contributed by atoms with Gasteiger partial charge in [0.2, 0.25) is 0 Å². The maximum absolute atomic E-state index is 13.2. The number of hydrogen-bond acceptors (Lipinski definition) is 3. The fourth-order valence-corrected chi connectivity index (χ4v) is 4.68. The summed E-state index contributed by atoms with van der Waals surface area (Å²) in [7, 11) is 0. The van der Waals surface area contributed by atoms with Crippen molar-refractivity contribution in [3.63, 3.8) is 0 Å². The summed E-state index contributed by atoms with van der Waals surface area (Å²) in [5.74, 6) is -0.153. The number of hydrogen-bond donors (Lipinski definition) is 1. The van der Waals surface area contributed by atoms with Gasteiger partial charge in [0.05, 0.1) is 5.56 Å². The summed E-state index contributed by atoms with van der Waals surface area (Å²) in [4.78, 5) is 19.8. The van der Waals surface area contributed by atoms with Gasteiger partial charge in [-0.3, -0.25) is 9.78 Å². The highest BCUT2D eigenvalue weighted by Crippen LogP contribution is 2.33. The predicted octanol–water partition coefficient (Wildman–Crippen LogP) is 3.95. The zero-order valence-corrected chi connectivity index (χ0v) is 16.5. The number of rotatable bonds is 3. The SMILES string of the molecule is C[C@]12CCCN(C(=O)c3ccc(Cc4ccc(F)cc4)nc3)[C@H]1CCCCN2. The fourth-order valence-electron chi connectivity index (χ4n) is 4.68. The van der Waals surface area contributed by atoms with Gasteiger partial charge in [-0.25, -0.2) is 4.39 Å². The van der Waals surface area contributed by atoms with Crippen LogP contribution in [0.2, 0.25) is 0 Å². The third-order valence-corrected chi connectivity index (χ3v) is 6.27. The van der Waals surface area contributed by atoms with E-state index in [2.05, 4.69) is 22.1 Å². The molecule has 148 valence electrons. The van der Waals surface area contributed by atoms with E-state index < -0.39 is 0 Å². The lowest BCUT2D eigenvalue weighted by Crippen LogP contribution is -2.62. The van der Waals surface area contributed by atoms with E-state index in [1.54, 1.807) is 18.3 Å². The first kappa shape index (κ1) is 19.1. The quantitative estimate of drug-likeness (QED) is 0.876. The molecule has 0 bridgehead atoms. The minimum absolute atomic E-state index is 0.0142. The van der Waals surface area contributed by atoms with Gasteiger partial charge < -0.3 is 10.2 Å². The van der Waals surface area contributed by atoms with Gasteiger partial charge in [0.25, 0.3) is 5.91 Å². The lowest BCUT2D eigenvalue weighted by atomic mass is 9.81. The Morgan fingerprint density at radius 3 is 2.79 bits per heavy atom. The molecule has 1 aromatic heterocycles. The van der Waals surface area contributed by atoms with E-state index in [-0.39, 0.29) is 23.3 Å². The van der Waals surface area contributed by atoms with E-state index in [4.69, 9.17) is 0 Å².